The van der Waals surface area contributed by atoms with Crippen LogP contribution in [0, 0.1) is 0 Å². The van der Waals surface area contributed by atoms with E-state index >= 15 is 0 Å². The van der Waals surface area contributed by atoms with Gasteiger partial charge in [0, 0.05) is 7.11 Å². The average molecular weight is 190 g/mol. The van der Waals surface area contributed by atoms with Gasteiger partial charge in [-0.1, -0.05) is 0 Å². The Morgan fingerprint density at radius 1 is 1.36 bits per heavy atom. The summed E-state index contributed by atoms with van der Waals surface area (Å²) in [5.41, 5.74) is 0. The quantitative estimate of drug-likeness (QED) is 0.628. The first-order chi connectivity index (χ1) is 4.87. The highest BCUT2D eigenvalue weighted by Crippen LogP contribution is 2.41. The Morgan fingerprint density at radius 3 is 2.18 bits per heavy atom. The maximum Gasteiger partial charge on any atom is 0.208 e. The van der Waals surface area contributed by atoms with E-state index in [1.54, 1.807) is 0 Å². The lowest BCUT2D eigenvalue weighted by Gasteiger charge is -2.23. The molecule has 0 bridgehead atoms. The molecule has 0 aromatic carbocycles. The van der Waals surface area contributed by atoms with Crippen molar-refractivity contribution in [2.75, 3.05) is 7.11 Å². The van der Waals surface area contributed by atoms with E-state index in [9.17, 15) is 0 Å². The molecule has 1 saturated heterocycles. The van der Waals surface area contributed by atoms with Gasteiger partial charge in [0.05, 0.1) is 5.22 Å². The summed E-state index contributed by atoms with van der Waals surface area (Å²) in [6, 6.07) is 1.20. The van der Waals surface area contributed by atoms with E-state index in [-0.39, 0.29) is 5.22 Å². The molecule has 0 N–H and O–H groups in total. The topological polar surface area (TPSA) is 18.5 Å². The Hall–Kier alpha value is 0.354. The molecular weight excluding hydrogens is 172 g/mol. The van der Waals surface area contributed by atoms with Crippen LogP contribution in [0.3, 0.4) is 0 Å². The van der Waals surface area contributed by atoms with Crippen LogP contribution >= 0.6 is 0 Å². The molecule has 66 valence electrons. The van der Waals surface area contributed by atoms with Crippen LogP contribution in [0.25, 0.3) is 0 Å². The molecule has 1 aliphatic rings. The monoisotopic (exact) mass is 190 g/mol. The van der Waals surface area contributed by atoms with Crippen molar-refractivity contribution in [2.24, 2.45) is 0 Å². The van der Waals surface area contributed by atoms with Crippen molar-refractivity contribution in [2.45, 2.75) is 37.8 Å². The first-order valence-corrected chi connectivity index (χ1v) is 9.38. The third-order valence-electron chi connectivity index (χ3n) is 1.94. The van der Waals surface area contributed by atoms with Crippen LogP contribution in [-0.2, 0) is 8.85 Å². The van der Waals surface area contributed by atoms with E-state index in [4.69, 9.17) is 8.85 Å². The van der Waals surface area contributed by atoms with E-state index in [1.165, 1.54) is 6.04 Å². The molecule has 0 saturated carbocycles. The van der Waals surface area contributed by atoms with Crippen molar-refractivity contribution in [1.82, 2.24) is 0 Å². The van der Waals surface area contributed by atoms with Gasteiger partial charge in [-0.05, 0) is 32.6 Å². The average Bonchev–Trinajstić information content (AvgIpc) is 2.36. The smallest absolute Gasteiger partial charge is 0.208 e. The van der Waals surface area contributed by atoms with E-state index in [2.05, 4.69) is 26.6 Å². The van der Waals surface area contributed by atoms with Crippen LogP contribution in [0.5, 0.6) is 0 Å². The second kappa shape index (κ2) is 2.69. The zero-order valence-electron chi connectivity index (χ0n) is 8.10. The number of rotatable bonds is 3. The van der Waals surface area contributed by atoms with Gasteiger partial charge in [0.25, 0.3) is 0 Å². The van der Waals surface area contributed by atoms with Crippen LogP contribution in [-0.4, -0.2) is 29.7 Å². The molecule has 0 aromatic heterocycles. The molecule has 2 atom stereocenters. The van der Waals surface area contributed by atoms with Gasteiger partial charge in [0.2, 0.25) is 9.04 Å². The Kier molecular flexibility index (Phi) is 2.31. The molecular formula is C7H18O2Si2. The molecule has 4 heteroatoms. The molecule has 2 unspecified atom stereocenters. The summed E-state index contributed by atoms with van der Waals surface area (Å²) in [5.74, 6) is 0. The normalized spacial score (nSPS) is 37.4. The van der Waals surface area contributed by atoms with Gasteiger partial charge in [0.1, 0.15) is 0 Å². The molecule has 0 amide bonds. The minimum atomic E-state index is -1.33. The summed E-state index contributed by atoms with van der Waals surface area (Å²) in [6.07, 6.45) is 0. The number of hydrogen-bond acceptors (Lipinski definition) is 2. The summed E-state index contributed by atoms with van der Waals surface area (Å²) < 4.78 is 11.4. The summed E-state index contributed by atoms with van der Waals surface area (Å²) >= 11 is 0. The number of hydrogen-bond donors (Lipinski definition) is 0. The second-order valence-electron chi connectivity index (χ2n) is 4.46. The fourth-order valence-corrected chi connectivity index (χ4v) is 6.34. The van der Waals surface area contributed by atoms with Crippen LogP contribution in [0.4, 0.5) is 0 Å². The highest BCUT2D eigenvalue weighted by molar-refractivity contribution is 6.74. The van der Waals surface area contributed by atoms with Crippen LogP contribution in [0.15, 0.2) is 0 Å². The van der Waals surface area contributed by atoms with E-state index in [0.717, 1.165) is 0 Å². The van der Waals surface area contributed by atoms with Gasteiger partial charge in [-0.2, -0.15) is 0 Å². The van der Waals surface area contributed by atoms with Crippen molar-refractivity contribution in [1.29, 1.82) is 0 Å². The van der Waals surface area contributed by atoms with Crippen molar-refractivity contribution >= 4 is 17.4 Å². The van der Waals surface area contributed by atoms with Crippen LogP contribution in [0.1, 0.15) is 6.92 Å². The Labute approximate surface area is 71.8 Å². The standard InChI is InChI=1S/C7H18O2Si2/c1-7(6-10(7)8-2)9-11(3,4)5/h10H,6H2,1-5H3. The Balaban J connectivity index is 2.40. The summed E-state index contributed by atoms with van der Waals surface area (Å²) in [4.78, 5) is 0. The first-order valence-electron chi connectivity index (χ1n) is 4.10. The Morgan fingerprint density at radius 2 is 1.91 bits per heavy atom. The Bertz CT molecular complexity index is 155. The molecule has 1 heterocycles. The van der Waals surface area contributed by atoms with E-state index in [1.807, 2.05) is 7.11 Å². The molecule has 2 nitrogen and oxygen atoms in total. The van der Waals surface area contributed by atoms with Crippen LogP contribution < -0.4 is 0 Å². The van der Waals surface area contributed by atoms with Gasteiger partial charge in [0.15, 0.2) is 8.32 Å². The van der Waals surface area contributed by atoms with Crippen molar-refractivity contribution < 1.29 is 8.85 Å². The lowest BCUT2D eigenvalue weighted by atomic mass is 10.5. The van der Waals surface area contributed by atoms with Gasteiger partial charge in [-0.15, -0.1) is 0 Å². The fraction of sp³-hybridized carbons (Fsp3) is 1.00. The van der Waals surface area contributed by atoms with Crippen LogP contribution in [0.2, 0.25) is 25.7 Å². The third-order valence-corrected chi connectivity index (χ3v) is 6.16. The zero-order chi connectivity index (χ0) is 8.70. The molecule has 0 spiro atoms. The van der Waals surface area contributed by atoms with Gasteiger partial charge < -0.3 is 8.85 Å². The van der Waals surface area contributed by atoms with E-state index in [0.29, 0.717) is 0 Å². The predicted octanol–water partition coefficient (Wildman–Crippen LogP) is 1.52. The van der Waals surface area contributed by atoms with Crippen molar-refractivity contribution in [3.63, 3.8) is 0 Å². The maximum absolute atomic E-state index is 6.02. The molecule has 0 aromatic rings. The van der Waals surface area contributed by atoms with Crippen molar-refractivity contribution in [3.05, 3.63) is 0 Å². The summed E-state index contributed by atoms with van der Waals surface area (Å²) in [5, 5.41) is 0.180. The second-order valence-corrected chi connectivity index (χ2v) is 12.0. The summed E-state index contributed by atoms with van der Waals surface area (Å²) in [6.45, 7) is 8.90. The molecule has 1 aliphatic heterocycles. The molecule has 1 rings (SSSR count). The van der Waals surface area contributed by atoms with Gasteiger partial charge in [-0.3, -0.25) is 0 Å². The minimum absolute atomic E-state index is 0.180. The van der Waals surface area contributed by atoms with Gasteiger partial charge >= 0.3 is 0 Å². The SMILES string of the molecule is CO[SiH]1CC1(C)O[Si](C)(C)C. The minimum Gasteiger partial charge on any atom is -0.420 e. The molecule has 0 aliphatic carbocycles. The summed E-state index contributed by atoms with van der Waals surface area (Å²) in [7, 11) is -0.435. The first kappa shape index (κ1) is 9.44. The highest BCUT2D eigenvalue weighted by Gasteiger charge is 2.55. The highest BCUT2D eigenvalue weighted by atomic mass is 28.4. The maximum atomic E-state index is 6.02. The lowest BCUT2D eigenvalue weighted by molar-refractivity contribution is 0.214. The predicted molar refractivity (Wildman–Crippen MR) is 51.8 cm³/mol. The molecule has 0 radical (unpaired) electrons. The largest absolute Gasteiger partial charge is 0.420 e. The molecule has 1 fully saturated rings. The fourth-order valence-electron chi connectivity index (χ4n) is 1.45. The third kappa shape index (κ3) is 2.40. The zero-order valence-corrected chi connectivity index (χ0v) is 10.3. The van der Waals surface area contributed by atoms with E-state index < -0.39 is 17.4 Å². The lowest BCUT2D eigenvalue weighted by Crippen LogP contribution is -2.34. The van der Waals surface area contributed by atoms with Crippen molar-refractivity contribution in [3.8, 4) is 0 Å². The molecule has 11 heavy (non-hydrogen) atoms. The van der Waals surface area contributed by atoms with Gasteiger partial charge in [-0.25, -0.2) is 0 Å².